The van der Waals surface area contributed by atoms with E-state index in [0.717, 1.165) is 18.4 Å². The summed E-state index contributed by atoms with van der Waals surface area (Å²) in [5.74, 6) is 0. The third kappa shape index (κ3) is 3.37. The van der Waals surface area contributed by atoms with Crippen molar-refractivity contribution < 1.29 is 8.42 Å². The number of nitrogens with zero attached hydrogens (tertiary/aromatic N) is 2. The molecule has 2 aromatic rings. The third-order valence-corrected chi connectivity index (χ3v) is 4.36. The molecule has 0 amide bonds. The SMILES string of the molecule is Cn1nccc1S(=O)(=O)Nc1cccc(CCCN)c1. The van der Waals surface area contributed by atoms with Crippen LogP contribution in [-0.2, 0) is 23.5 Å². The van der Waals surface area contributed by atoms with Crippen LogP contribution in [0.3, 0.4) is 0 Å². The van der Waals surface area contributed by atoms with Gasteiger partial charge in [-0.05, 0) is 43.1 Å². The van der Waals surface area contributed by atoms with Crippen LogP contribution in [0.25, 0.3) is 0 Å². The number of nitrogens with two attached hydrogens (primary N) is 1. The maximum atomic E-state index is 12.2. The van der Waals surface area contributed by atoms with Crippen LogP contribution in [0, 0.1) is 0 Å². The molecule has 3 N–H and O–H groups in total. The number of hydrogen-bond acceptors (Lipinski definition) is 4. The van der Waals surface area contributed by atoms with E-state index in [4.69, 9.17) is 5.73 Å². The molecule has 0 bridgehead atoms. The van der Waals surface area contributed by atoms with E-state index in [2.05, 4.69) is 9.82 Å². The van der Waals surface area contributed by atoms with E-state index >= 15 is 0 Å². The Morgan fingerprint density at radius 1 is 1.35 bits per heavy atom. The minimum atomic E-state index is -3.61. The first-order valence-electron chi connectivity index (χ1n) is 6.33. The van der Waals surface area contributed by atoms with E-state index in [0.29, 0.717) is 12.2 Å². The van der Waals surface area contributed by atoms with Crippen molar-refractivity contribution in [3.8, 4) is 0 Å². The van der Waals surface area contributed by atoms with Crippen LogP contribution in [0.2, 0.25) is 0 Å². The van der Waals surface area contributed by atoms with Crippen molar-refractivity contribution in [3.05, 3.63) is 42.1 Å². The van der Waals surface area contributed by atoms with Gasteiger partial charge in [0, 0.05) is 12.7 Å². The zero-order chi connectivity index (χ0) is 14.6. The van der Waals surface area contributed by atoms with E-state index in [9.17, 15) is 8.42 Å². The summed E-state index contributed by atoms with van der Waals surface area (Å²) in [6, 6.07) is 8.79. The van der Waals surface area contributed by atoms with Gasteiger partial charge in [-0.2, -0.15) is 13.5 Å². The van der Waals surface area contributed by atoms with Crippen LogP contribution < -0.4 is 10.5 Å². The molecule has 0 spiro atoms. The summed E-state index contributed by atoms with van der Waals surface area (Å²) in [6.07, 6.45) is 3.15. The molecule has 0 aliphatic heterocycles. The largest absolute Gasteiger partial charge is 0.330 e. The van der Waals surface area contributed by atoms with Gasteiger partial charge in [0.1, 0.15) is 0 Å². The average Bonchev–Trinajstić information content (AvgIpc) is 2.83. The minimum absolute atomic E-state index is 0.130. The number of sulfonamides is 1. The van der Waals surface area contributed by atoms with Gasteiger partial charge in [0.2, 0.25) is 0 Å². The molecule has 0 radical (unpaired) electrons. The lowest BCUT2D eigenvalue weighted by Gasteiger charge is -2.09. The lowest BCUT2D eigenvalue weighted by atomic mass is 10.1. The topological polar surface area (TPSA) is 90.0 Å². The standard InChI is InChI=1S/C13H18N4O2S/c1-17-13(7-9-15-17)20(18,19)16-12-6-2-4-11(10-12)5-3-8-14/h2,4,6-7,9-10,16H,3,5,8,14H2,1H3. The molecule has 20 heavy (non-hydrogen) atoms. The Kier molecular flexibility index (Phi) is 4.41. The molecule has 108 valence electrons. The molecule has 0 fully saturated rings. The van der Waals surface area contributed by atoms with Crippen LogP contribution >= 0.6 is 0 Å². The number of aryl methyl sites for hydroxylation is 2. The maximum Gasteiger partial charge on any atom is 0.279 e. The molecule has 0 aliphatic carbocycles. The Morgan fingerprint density at radius 2 is 2.15 bits per heavy atom. The number of nitrogens with one attached hydrogen (secondary N) is 1. The van der Waals surface area contributed by atoms with Gasteiger partial charge < -0.3 is 5.73 Å². The summed E-state index contributed by atoms with van der Waals surface area (Å²) in [7, 11) is -2.02. The molecular weight excluding hydrogens is 276 g/mol. The molecule has 0 unspecified atom stereocenters. The maximum absolute atomic E-state index is 12.2. The van der Waals surface area contributed by atoms with E-state index in [1.54, 1.807) is 13.1 Å². The molecule has 1 aromatic carbocycles. The monoisotopic (exact) mass is 294 g/mol. The second kappa shape index (κ2) is 6.06. The lowest BCUT2D eigenvalue weighted by Crippen LogP contribution is -2.16. The molecule has 0 aliphatic rings. The molecule has 1 heterocycles. The Hall–Kier alpha value is -1.86. The summed E-state index contributed by atoms with van der Waals surface area (Å²) < 4.78 is 28.3. The third-order valence-electron chi connectivity index (χ3n) is 2.90. The summed E-state index contributed by atoms with van der Waals surface area (Å²) in [5.41, 5.74) is 7.07. The highest BCUT2D eigenvalue weighted by atomic mass is 32.2. The van der Waals surface area contributed by atoms with E-state index < -0.39 is 10.0 Å². The van der Waals surface area contributed by atoms with Gasteiger partial charge >= 0.3 is 0 Å². The minimum Gasteiger partial charge on any atom is -0.330 e. The van der Waals surface area contributed by atoms with Gasteiger partial charge in [0.25, 0.3) is 10.0 Å². The molecule has 0 saturated heterocycles. The number of aromatic nitrogens is 2. The molecule has 7 heteroatoms. The molecule has 0 saturated carbocycles. The van der Waals surface area contributed by atoms with Crippen molar-refractivity contribution in [3.63, 3.8) is 0 Å². The smallest absolute Gasteiger partial charge is 0.279 e. The molecule has 0 atom stereocenters. The summed E-state index contributed by atoms with van der Waals surface area (Å²) >= 11 is 0. The van der Waals surface area contributed by atoms with Crippen molar-refractivity contribution in [1.29, 1.82) is 0 Å². The van der Waals surface area contributed by atoms with Crippen molar-refractivity contribution in [2.75, 3.05) is 11.3 Å². The van der Waals surface area contributed by atoms with Crippen molar-refractivity contribution in [2.24, 2.45) is 12.8 Å². The van der Waals surface area contributed by atoms with Gasteiger partial charge in [-0.15, -0.1) is 0 Å². The fourth-order valence-corrected chi connectivity index (χ4v) is 3.11. The fourth-order valence-electron chi connectivity index (χ4n) is 1.93. The van der Waals surface area contributed by atoms with Gasteiger partial charge in [0.05, 0.1) is 6.20 Å². The molecular formula is C13H18N4O2S. The highest BCUT2D eigenvalue weighted by Gasteiger charge is 2.17. The summed E-state index contributed by atoms with van der Waals surface area (Å²) in [4.78, 5) is 0. The van der Waals surface area contributed by atoms with Crippen LogP contribution in [0.15, 0.2) is 41.6 Å². The fraction of sp³-hybridized carbons (Fsp3) is 0.308. The van der Waals surface area contributed by atoms with Crippen molar-refractivity contribution in [2.45, 2.75) is 17.9 Å². The molecule has 2 rings (SSSR count). The summed E-state index contributed by atoms with van der Waals surface area (Å²) in [5, 5.41) is 4.00. The van der Waals surface area contributed by atoms with Crippen LogP contribution in [0.5, 0.6) is 0 Å². The highest BCUT2D eigenvalue weighted by Crippen LogP contribution is 2.17. The van der Waals surface area contributed by atoms with Gasteiger partial charge in [0.15, 0.2) is 5.03 Å². The predicted octanol–water partition coefficient (Wildman–Crippen LogP) is 1.11. The Balaban J connectivity index is 2.19. The zero-order valence-electron chi connectivity index (χ0n) is 11.3. The predicted molar refractivity (Wildman–Crippen MR) is 77.8 cm³/mol. The Morgan fingerprint density at radius 3 is 2.80 bits per heavy atom. The van der Waals surface area contributed by atoms with Gasteiger partial charge in [-0.3, -0.25) is 9.40 Å². The number of anilines is 1. The zero-order valence-corrected chi connectivity index (χ0v) is 12.1. The van der Waals surface area contributed by atoms with Gasteiger partial charge in [-0.1, -0.05) is 12.1 Å². The normalized spacial score (nSPS) is 11.5. The van der Waals surface area contributed by atoms with E-state index in [1.807, 2.05) is 18.2 Å². The first-order valence-corrected chi connectivity index (χ1v) is 7.81. The average molecular weight is 294 g/mol. The molecule has 1 aromatic heterocycles. The quantitative estimate of drug-likeness (QED) is 0.835. The highest BCUT2D eigenvalue weighted by molar-refractivity contribution is 7.92. The first kappa shape index (κ1) is 14.5. The van der Waals surface area contributed by atoms with Crippen LogP contribution in [-0.4, -0.2) is 24.7 Å². The summed E-state index contributed by atoms with van der Waals surface area (Å²) in [6.45, 7) is 0.616. The first-order chi connectivity index (χ1) is 9.53. The van der Waals surface area contributed by atoms with E-state index in [-0.39, 0.29) is 5.03 Å². The lowest BCUT2D eigenvalue weighted by molar-refractivity contribution is 0.582. The number of benzene rings is 1. The number of rotatable bonds is 6. The number of hydrogen-bond donors (Lipinski definition) is 2. The van der Waals surface area contributed by atoms with Crippen LogP contribution in [0.4, 0.5) is 5.69 Å². The molecule has 6 nitrogen and oxygen atoms in total. The van der Waals surface area contributed by atoms with Crippen LogP contribution in [0.1, 0.15) is 12.0 Å². The second-order valence-corrected chi connectivity index (χ2v) is 6.12. The van der Waals surface area contributed by atoms with Gasteiger partial charge in [-0.25, -0.2) is 0 Å². The van der Waals surface area contributed by atoms with Crippen molar-refractivity contribution in [1.82, 2.24) is 9.78 Å². The Bertz CT molecular complexity index is 679. The Labute approximate surface area is 118 Å². The van der Waals surface area contributed by atoms with E-state index in [1.165, 1.54) is 16.9 Å². The van der Waals surface area contributed by atoms with Crippen molar-refractivity contribution >= 4 is 15.7 Å². The second-order valence-electron chi connectivity index (χ2n) is 4.49.